The standard InChI is InChI=1S/C27H29NO11/c1-10-22(31)13(28)6-17(38-10)39-15-8-27(36,16(30)9-29)7-12-19(15)26(35)21-20(24(12)33)23(32)11-4-3-5-14(37-2)18(11)25(21)34/h3-5,10,13,15,17,22,29,31,33,35-36H,6-9,28H2,1-2H3/t10-,13-,15-,17+,22-,27-/m0/s1. The number of phenolic OH excluding ortho intramolecular Hbond substituents is 2. The number of aliphatic hydroxyl groups excluding tert-OH is 2. The molecule has 0 unspecified atom stereocenters. The van der Waals surface area contributed by atoms with Gasteiger partial charge in [-0.15, -0.1) is 0 Å². The number of methoxy groups -OCH3 is 1. The number of carbonyl (C=O) groups excluding carboxylic acids is 3. The van der Waals surface area contributed by atoms with Crippen molar-refractivity contribution >= 4 is 17.3 Å². The highest BCUT2D eigenvalue weighted by Gasteiger charge is 2.50. The van der Waals surface area contributed by atoms with E-state index in [4.69, 9.17) is 19.9 Å². The second kappa shape index (κ2) is 9.66. The van der Waals surface area contributed by atoms with Crippen LogP contribution in [0.2, 0.25) is 0 Å². The number of Topliss-reactive ketones (excluding diaryl/α,β-unsaturated/α-hetero) is 1. The summed E-state index contributed by atoms with van der Waals surface area (Å²) < 4.78 is 17.0. The average molecular weight is 544 g/mol. The first-order chi connectivity index (χ1) is 18.4. The molecule has 0 radical (unpaired) electrons. The van der Waals surface area contributed by atoms with E-state index in [1.54, 1.807) is 6.92 Å². The zero-order valence-corrected chi connectivity index (χ0v) is 21.2. The molecule has 1 aliphatic heterocycles. The predicted molar refractivity (Wildman–Crippen MR) is 132 cm³/mol. The first kappa shape index (κ1) is 27.2. The molecule has 0 bridgehead atoms. The van der Waals surface area contributed by atoms with Crippen LogP contribution >= 0.6 is 0 Å². The molecule has 1 fully saturated rings. The van der Waals surface area contributed by atoms with Gasteiger partial charge in [-0.2, -0.15) is 0 Å². The summed E-state index contributed by atoms with van der Waals surface area (Å²) in [6.07, 6.45) is -5.12. The van der Waals surface area contributed by atoms with Crippen LogP contribution in [0.15, 0.2) is 18.2 Å². The molecule has 2 aromatic carbocycles. The molecular formula is C27H29NO11. The van der Waals surface area contributed by atoms with E-state index in [-0.39, 0.29) is 34.4 Å². The summed E-state index contributed by atoms with van der Waals surface area (Å²) in [7, 11) is 1.32. The van der Waals surface area contributed by atoms with Crippen LogP contribution in [0.1, 0.15) is 68.8 Å². The number of ketones is 3. The molecule has 0 amide bonds. The van der Waals surface area contributed by atoms with Crippen LogP contribution < -0.4 is 10.5 Å². The summed E-state index contributed by atoms with van der Waals surface area (Å²) in [5, 5.41) is 53.7. The van der Waals surface area contributed by atoms with Crippen molar-refractivity contribution in [2.75, 3.05) is 13.7 Å². The smallest absolute Gasteiger partial charge is 0.202 e. The van der Waals surface area contributed by atoms with Gasteiger partial charge in [-0.3, -0.25) is 14.4 Å². The van der Waals surface area contributed by atoms with Crippen LogP contribution in [0.25, 0.3) is 0 Å². The first-order valence-corrected chi connectivity index (χ1v) is 12.4. The molecule has 3 aliphatic rings. The van der Waals surface area contributed by atoms with Gasteiger partial charge in [-0.1, -0.05) is 12.1 Å². The summed E-state index contributed by atoms with van der Waals surface area (Å²) in [6, 6.07) is 3.64. The number of aliphatic hydroxyl groups is 3. The third-order valence-electron chi connectivity index (χ3n) is 7.81. The number of carbonyl (C=O) groups is 3. The first-order valence-electron chi connectivity index (χ1n) is 12.4. The Hall–Kier alpha value is -3.39. The molecule has 5 rings (SSSR count). The third kappa shape index (κ3) is 4.11. The van der Waals surface area contributed by atoms with E-state index in [9.17, 15) is 39.9 Å². The summed E-state index contributed by atoms with van der Waals surface area (Å²) in [5.74, 6) is -3.77. The Labute approximate surface area is 222 Å². The molecule has 39 heavy (non-hydrogen) atoms. The van der Waals surface area contributed by atoms with Crippen LogP contribution in [-0.2, 0) is 20.7 Å². The van der Waals surface area contributed by atoms with Gasteiger partial charge in [0.25, 0.3) is 0 Å². The fourth-order valence-electron chi connectivity index (χ4n) is 5.75. The van der Waals surface area contributed by atoms with Crippen molar-refractivity contribution in [1.82, 2.24) is 0 Å². The highest BCUT2D eigenvalue weighted by molar-refractivity contribution is 6.31. The number of phenols is 2. The maximum atomic E-state index is 13.6. The molecule has 0 spiro atoms. The lowest BCUT2D eigenvalue weighted by molar-refractivity contribution is -0.247. The minimum Gasteiger partial charge on any atom is -0.507 e. The maximum Gasteiger partial charge on any atom is 0.202 e. The van der Waals surface area contributed by atoms with Crippen molar-refractivity contribution in [2.45, 2.75) is 62.4 Å². The van der Waals surface area contributed by atoms with E-state index in [1.165, 1.54) is 25.3 Å². The zero-order valence-electron chi connectivity index (χ0n) is 21.2. The summed E-state index contributed by atoms with van der Waals surface area (Å²) in [5.41, 5.74) is 2.37. The molecule has 2 aliphatic carbocycles. The Balaban J connectivity index is 1.69. The Morgan fingerprint density at radius 2 is 1.85 bits per heavy atom. The van der Waals surface area contributed by atoms with Crippen molar-refractivity contribution < 1.29 is 54.1 Å². The van der Waals surface area contributed by atoms with Gasteiger partial charge in [0.1, 0.15) is 29.5 Å². The SMILES string of the molecule is COc1cccc2c1C(=O)c1c(O)c3c(c(O)c1C2=O)C[C@@](O)(C(=O)CO)C[C@@H]3O[C@@H]1C[C@H](N)[C@@H](O)[C@H](C)O1. The Morgan fingerprint density at radius 3 is 2.49 bits per heavy atom. The second-order valence-corrected chi connectivity index (χ2v) is 10.2. The average Bonchev–Trinajstić information content (AvgIpc) is 2.90. The van der Waals surface area contributed by atoms with Gasteiger partial charge in [0, 0.05) is 42.0 Å². The van der Waals surface area contributed by atoms with E-state index >= 15 is 0 Å². The van der Waals surface area contributed by atoms with Crippen molar-refractivity contribution in [1.29, 1.82) is 0 Å². The highest BCUT2D eigenvalue weighted by atomic mass is 16.7. The Bertz CT molecular complexity index is 1380. The molecule has 0 aromatic heterocycles. The van der Waals surface area contributed by atoms with E-state index in [0.29, 0.717) is 0 Å². The van der Waals surface area contributed by atoms with Crippen LogP contribution in [-0.4, -0.2) is 86.7 Å². The largest absolute Gasteiger partial charge is 0.507 e. The van der Waals surface area contributed by atoms with E-state index in [2.05, 4.69) is 0 Å². The van der Waals surface area contributed by atoms with Gasteiger partial charge in [-0.05, 0) is 13.0 Å². The van der Waals surface area contributed by atoms with E-state index in [1.807, 2.05) is 0 Å². The van der Waals surface area contributed by atoms with Gasteiger partial charge >= 0.3 is 0 Å². The molecule has 0 saturated carbocycles. The summed E-state index contributed by atoms with van der Waals surface area (Å²) >= 11 is 0. The fourth-order valence-corrected chi connectivity index (χ4v) is 5.75. The Morgan fingerprint density at radius 1 is 1.15 bits per heavy atom. The van der Waals surface area contributed by atoms with Crippen molar-refractivity contribution in [3.05, 3.63) is 51.6 Å². The molecule has 2 aromatic rings. The lowest BCUT2D eigenvalue weighted by Gasteiger charge is -2.42. The normalized spacial score (nSPS) is 29.8. The summed E-state index contributed by atoms with van der Waals surface area (Å²) in [4.78, 5) is 39.7. The van der Waals surface area contributed by atoms with Gasteiger partial charge in [0.05, 0.1) is 42.1 Å². The molecule has 12 nitrogen and oxygen atoms in total. The number of nitrogens with two attached hydrogens (primary N) is 1. The molecule has 1 heterocycles. The number of rotatable bonds is 5. The topological polar surface area (TPSA) is 206 Å². The van der Waals surface area contributed by atoms with Crippen molar-refractivity contribution in [3.8, 4) is 17.2 Å². The number of aromatic hydroxyl groups is 2. The fraction of sp³-hybridized carbons (Fsp3) is 0.444. The van der Waals surface area contributed by atoms with Gasteiger partial charge < -0.3 is 45.5 Å². The number of fused-ring (bicyclic) bond motifs is 3. The van der Waals surface area contributed by atoms with E-state index < -0.39 is 95.7 Å². The number of hydrogen-bond acceptors (Lipinski definition) is 12. The molecule has 12 heteroatoms. The van der Waals surface area contributed by atoms with Crippen LogP contribution in [0.4, 0.5) is 0 Å². The van der Waals surface area contributed by atoms with E-state index in [0.717, 1.165) is 0 Å². The van der Waals surface area contributed by atoms with Gasteiger partial charge in [0.2, 0.25) is 5.78 Å². The lowest BCUT2D eigenvalue weighted by atomic mass is 9.72. The maximum absolute atomic E-state index is 13.6. The molecule has 6 atom stereocenters. The summed E-state index contributed by atoms with van der Waals surface area (Å²) in [6.45, 7) is 0.560. The zero-order chi connectivity index (χ0) is 28.4. The second-order valence-electron chi connectivity index (χ2n) is 10.2. The van der Waals surface area contributed by atoms with Crippen LogP contribution in [0.3, 0.4) is 0 Å². The quantitative estimate of drug-likeness (QED) is 0.235. The Kier molecular flexibility index (Phi) is 6.74. The minimum absolute atomic E-state index is 0.0173. The monoisotopic (exact) mass is 543 g/mol. The lowest BCUT2D eigenvalue weighted by Crippen LogP contribution is -2.53. The molecule has 208 valence electrons. The number of ether oxygens (including phenoxy) is 3. The molecular weight excluding hydrogens is 514 g/mol. The van der Waals surface area contributed by atoms with Crippen LogP contribution in [0.5, 0.6) is 17.2 Å². The van der Waals surface area contributed by atoms with Gasteiger partial charge in [-0.25, -0.2) is 0 Å². The molecule has 1 saturated heterocycles. The highest BCUT2D eigenvalue weighted by Crippen LogP contribution is 2.52. The van der Waals surface area contributed by atoms with Gasteiger partial charge in [0.15, 0.2) is 17.9 Å². The third-order valence-corrected chi connectivity index (χ3v) is 7.81. The number of benzene rings is 2. The van der Waals surface area contributed by atoms with Crippen LogP contribution in [0, 0.1) is 0 Å². The van der Waals surface area contributed by atoms with Crippen molar-refractivity contribution in [3.63, 3.8) is 0 Å². The minimum atomic E-state index is -2.24. The number of hydrogen-bond donors (Lipinski definition) is 6. The van der Waals surface area contributed by atoms with Crippen molar-refractivity contribution in [2.24, 2.45) is 5.73 Å². The molecule has 7 N–H and O–H groups in total. The predicted octanol–water partition coefficient (Wildman–Crippen LogP) is 0.00130.